The summed E-state index contributed by atoms with van der Waals surface area (Å²) in [6.07, 6.45) is 1.65. The molecule has 0 bridgehead atoms. The molecule has 9 heteroatoms. The first-order valence-electron chi connectivity index (χ1n) is 7.99. The van der Waals surface area contributed by atoms with E-state index in [-0.39, 0.29) is 30.1 Å². The van der Waals surface area contributed by atoms with E-state index in [4.69, 9.17) is 9.47 Å². The van der Waals surface area contributed by atoms with E-state index in [1.165, 1.54) is 0 Å². The number of aromatic nitrogens is 3. The van der Waals surface area contributed by atoms with E-state index in [0.717, 1.165) is 23.9 Å². The number of benzene rings is 1. The molecule has 0 spiro atoms. The lowest BCUT2D eigenvalue weighted by molar-refractivity contribution is 0.0936. The Bertz CT molecular complexity index is 705. The molecule has 8 nitrogen and oxygen atoms in total. The van der Waals surface area contributed by atoms with Crippen LogP contribution >= 0.6 is 24.0 Å². The van der Waals surface area contributed by atoms with Gasteiger partial charge in [-0.1, -0.05) is 12.1 Å². The van der Waals surface area contributed by atoms with Crippen molar-refractivity contribution in [3.05, 3.63) is 36.4 Å². The quantitative estimate of drug-likeness (QED) is 0.401. The standard InChI is InChI=1S/C16H22N6O2.HI/c1-3-22-11-20-21-15(22)9-19-16(17-2)18-8-12-10-23-13-6-4-5-7-14(13)24-12;/h4-7,11-12H,3,8-10H2,1-2H3,(H2,17,18,19);1H. The molecule has 0 aliphatic carbocycles. The van der Waals surface area contributed by atoms with E-state index in [9.17, 15) is 0 Å². The molecule has 136 valence electrons. The number of halogens is 1. The largest absolute Gasteiger partial charge is 0.486 e. The molecule has 0 radical (unpaired) electrons. The van der Waals surface area contributed by atoms with Crippen LogP contribution in [0.1, 0.15) is 12.7 Å². The minimum atomic E-state index is -0.0715. The average Bonchev–Trinajstić information content (AvgIpc) is 3.09. The first-order chi connectivity index (χ1) is 11.8. The lowest BCUT2D eigenvalue weighted by atomic mass is 10.2. The molecule has 3 rings (SSSR count). The number of para-hydroxylation sites is 2. The molecular formula is C16H23IN6O2. The van der Waals surface area contributed by atoms with Crippen LogP contribution in [0.5, 0.6) is 11.5 Å². The van der Waals surface area contributed by atoms with Crippen molar-refractivity contribution in [1.29, 1.82) is 0 Å². The van der Waals surface area contributed by atoms with Gasteiger partial charge in [-0.05, 0) is 19.1 Å². The summed E-state index contributed by atoms with van der Waals surface area (Å²) in [7, 11) is 1.73. The van der Waals surface area contributed by atoms with Gasteiger partial charge in [-0.25, -0.2) is 0 Å². The second-order valence-corrected chi connectivity index (χ2v) is 5.34. The first kappa shape index (κ1) is 19.3. The Hall–Kier alpha value is -2.04. The van der Waals surface area contributed by atoms with Crippen molar-refractivity contribution >= 4 is 29.9 Å². The highest BCUT2D eigenvalue weighted by Gasteiger charge is 2.20. The Morgan fingerprint density at radius 1 is 1.32 bits per heavy atom. The number of nitrogens with one attached hydrogen (secondary N) is 2. The number of rotatable bonds is 5. The van der Waals surface area contributed by atoms with Crippen molar-refractivity contribution in [2.24, 2.45) is 4.99 Å². The van der Waals surface area contributed by atoms with Crippen molar-refractivity contribution in [2.75, 3.05) is 20.2 Å². The molecule has 1 atom stereocenters. The molecule has 1 aliphatic heterocycles. The van der Waals surface area contributed by atoms with Crippen LogP contribution in [0.4, 0.5) is 0 Å². The molecule has 1 unspecified atom stereocenters. The maximum atomic E-state index is 5.92. The van der Waals surface area contributed by atoms with Crippen molar-refractivity contribution in [2.45, 2.75) is 26.1 Å². The fourth-order valence-electron chi connectivity index (χ4n) is 2.44. The van der Waals surface area contributed by atoms with Crippen LogP contribution in [0, 0.1) is 0 Å². The Kier molecular flexibility index (Phi) is 7.29. The highest BCUT2D eigenvalue weighted by atomic mass is 127. The van der Waals surface area contributed by atoms with E-state index >= 15 is 0 Å². The maximum absolute atomic E-state index is 5.92. The van der Waals surface area contributed by atoms with Gasteiger partial charge in [0.25, 0.3) is 0 Å². The summed E-state index contributed by atoms with van der Waals surface area (Å²) in [6, 6.07) is 7.68. The number of aryl methyl sites for hydroxylation is 1. The third-order valence-corrected chi connectivity index (χ3v) is 3.74. The van der Waals surface area contributed by atoms with E-state index < -0.39 is 0 Å². The highest BCUT2D eigenvalue weighted by Crippen LogP contribution is 2.30. The summed E-state index contributed by atoms with van der Waals surface area (Å²) in [5.74, 6) is 3.11. The van der Waals surface area contributed by atoms with Gasteiger partial charge in [0.05, 0.1) is 13.1 Å². The van der Waals surface area contributed by atoms with Gasteiger partial charge in [0.2, 0.25) is 0 Å². The van der Waals surface area contributed by atoms with E-state index in [2.05, 4.69) is 32.7 Å². The van der Waals surface area contributed by atoms with Crippen LogP contribution in [0.2, 0.25) is 0 Å². The van der Waals surface area contributed by atoms with Crippen LogP contribution in [0.3, 0.4) is 0 Å². The van der Waals surface area contributed by atoms with Crippen molar-refractivity contribution in [3.8, 4) is 11.5 Å². The Morgan fingerprint density at radius 3 is 2.88 bits per heavy atom. The maximum Gasteiger partial charge on any atom is 0.191 e. The zero-order valence-corrected chi connectivity index (χ0v) is 16.6. The lowest BCUT2D eigenvalue weighted by Crippen LogP contribution is -2.45. The molecule has 2 aromatic rings. The summed E-state index contributed by atoms with van der Waals surface area (Å²) >= 11 is 0. The summed E-state index contributed by atoms with van der Waals surface area (Å²) in [5.41, 5.74) is 0. The minimum Gasteiger partial charge on any atom is -0.486 e. The monoisotopic (exact) mass is 458 g/mol. The van der Waals surface area contributed by atoms with Crippen LogP contribution in [0.15, 0.2) is 35.6 Å². The SMILES string of the molecule is CCn1cnnc1CNC(=NC)NCC1COc2ccccc2O1.I. The number of hydrogen-bond acceptors (Lipinski definition) is 5. The van der Waals surface area contributed by atoms with Crippen molar-refractivity contribution < 1.29 is 9.47 Å². The predicted molar refractivity (Wildman–Crippen MR) is 106 cm³/mol. The zero-order valence-electron chi connectivity index (χ0n) is 14.3. The molecule has 1 aromatic heterocycles. The predicted octanol–water partition coefficient (Wildman–Crippen LogP) is 1.42. The van der Waals surface area contributed by atoms with E-state index in [0.29, 0.717) is 25.7 Å². The Morgan fingerprint density at radius 2 is 2.12 bits per heavy atom. The van der Waals surface area contributed by atoms with Crippen molar-refractivity contribution in [1.82, 2.24) is 25.4 Å². The summed E-state index contributed by atoms with van der Waals surface area (Å²) < 4.78 is 13.6. The van der Waals surface area contributed by atoms with E-state index in [1.807, 2.05) is 28.8 Å². The van der Waals surface area contributed by atoms with Gasteiger partial charge in [-0.3, -0.25) is 4.99 Å². The van der Waals surface area contributed by atoms with Gasteiger partial charge < -0.3 is 24.7 Å². The van der Waals surface area contributed by atoms with Crippen molar-refractivity contribution in [3.63, 3.8) is 0 Å². The normalized spacial score (nSPS) is 16.1. The number of aliphatic imine (C=N–C) groups is 1. The van der Waals surface area contributed by atoms with Crippen LogP contribution in [-0.4, -0.2) is 47.0 Å². The van der Waals surface area contributed by atoms with Crippen LogP contribution < -0.4 is 20.1 Å². The molecule has 0 saturated carbocycles. The molecular weight excluding hydrogens is 435 g/mol. The lowest BCUT2D eigenvalue weighted by Gasteiger charge is -2.27. The molecule has 0 fully saturated rings. The van der Waals surface area contributed by atoms with Gasteiger partial charge in [0.1, 0.15) is 19.0 Å². The summed E-state index contributed by atoms with van der Waals surface area (Å²) in [5, 5.41) is 14.5. The second-order valence-electron chi connectivity index (χ2n) is 5.34. The fraction of sp³-hybridized carbons (Fsp3) is 0.438. The van der Waals surface area contributed by atoms with Gasteiger partial charge in [0.15, 0.2) is 23.3 Å². The molecule has 1 aliphatic rings. The average molecular weight is 458 g/mol. The molecule has 1 aromatic carbocycles. The third kappa shape index (κ3) is 4.97. The van der Waals surface area contributed by atoms with Crippen LogP contribution in [0.25, 0.3) is 0 Å². The number of nitrogens with zero attached hydrogens (tertiary/aromatic N) is 4. The molecule has 2 N–H and O–H groups in total. The zero-order chi connectivity index (χ0) is 16.8. The molecule has 25 heavy (non-hydrogen) atoms. The number of ether oxygens (including phenoxy) is 2. The first-order valence-corrected chi connectivity index (χ1v) is 7.99. The van der Waals surface area contributed by atoms with Gasteiger partial charge >= 0.3 is 0 Å². The Balaban J connectivity index is 0.00000225. The summed E-state index contributed by atoms with van der Waals surface area (Å²) in [6.45, 7) is 4.54. The molecule has 0 saturated heterocycles. The van der Waals surface area contributed by atoms with E-state index in [1.54, 1.807) is 13.4 Å². The smallest absolute Gasteiger partial charge is 0.191 e. The van der Waals surface area contributed by atoms with Gasteiger partial charge in [-0.15, -0.1) is 34.2 Å². The molecule has 0 amide bonds. The third-order valence-electron chi connectivity index (χ3n) is 3.74. The summed E-state index contributed by atoms with van der Waals surface area (Å²) in [4.78, 5) is 4.21. The topological polar surface area (TPSA) is 85.6 Å². The second kappa shape index (κ2) is 9.44. The van der Waals surface area contributed by atoms with Crippen LogP contribution in [-0.2, 0) is 13.1 Å². The fourth-order valence-corrected chi connectivity index (χ4v) is 2.44. The minimum absolute atomic E-state index is 0. The highest BCUT2D eigenvalue weighted by molar-refractivity contribution is 14.0. The number of guanidine groups is 1. The van der Waals surface area contributed by atoms with Gasteiger partial charge in [-0.2, -0.15) is 0 Å². The van der Waals surface area contributed by atoms with Gasteiger partial charge in [0, 0.05) is 13.6 Å². The molecule has 2 heterocycles. The Labute approximate surface area is 164 Å². The number of hydrogen-bond donors (Lipinski definition) is 2. The number of fused-ring (bicyclic) bond motifs is 1.